The minimum atomic E-state index is -4.68. The van der Waals surface area contributed by atoms with Gasteiger partial charge in [-0.25, -0.2) is 8.42 Å². The van der Waals surface area contributed by atoms with Crippen molar-refractivity contribution in [2.45, 2.75) is 4.90 Å². The second-order valence-corrected chi connectivity index (χ2v) is 9.32. The van der Waals surface area contributed by atoms with Gasteiger partial charge in [0.15, 0.2) is 5.75 Å². The molecule has 0 aromatic heterocycles. The smallest absolute Gasteiger partial charge is 0.744 e. The summed E-state index contributed by atoms with van der Waals surface area (Å²) in [6, 6.07) is 13.5. The number of hydrogen-bond donors (Lipinski definition) is 3. The van der Waals surface area contributed by atoms with E-state index in [4.69, 9.17) is 23.1 Å². The van der Waals surface area contributed by atoms with E-state index in [2.05, 4.69) is 20.5 Å². The molecule has 0 unspecified atom stereocenters. The zero-order valence-corrected chi connectivity index (χ0v) is 23.0. The Hall–Kier alpha value is -3.66. The number of phenolic OH excluding ortho intramolecular Hbond substituents is 1. The van der Waals surface area contributed by atoms with Crippen LogP contribution in [0.25, 0.3) is 10.8 Å². The Kier molecular flexibility index (Phi) is 8.66. The van der Waals surface area contributed by atoms with Crippen LogP contribution >= 0.6 is 11.6 Å². The number of halogens is 1. The normalized spacial score (nSPS) is 11.7. The van der Waals surface area contributed by atoms with Gasteiger partial charge in [0.2, 0.25) is 0 Å². The fourth-order valence-electron chi connectivity index (χ4n) is 3.23. The van der Waals surface area contributed by atoms with Gasteiger partial charge in [0, 0.05) is 17.5 Å². The van der Waals surface area contributed by atoms with E-state index in [1.54, 1.807) is 18.2 Å². The van der Waals surface area contributed by atoms with Crippen molar-refractivity contribution in [3.63, 3.8) is 0 Å². The topological polar surface area (TPSA) is 222 Å². The van der Waals surface area contributed by atoms with Crippen molar-refractivity contribution in [1.29, 1.82) is 0 Å². The molecule has 0 radical (unpaired) electrons. The molecule has 0 bridgehead atoms. The molecule has 38 heavy (non-hydrogen) atoms. The van der Waals surface area contributed by atoms with Crippen LogP contribution in [0.15, 0.2) is 86.0 Å². The van der Waals surface area contributed by atoms with Crippen LogP contribution in [0.1, 0.15) is 0 Å². The summed E-state index contributed by atoms with van der Waals surface area (Å²) >= 11 is 5.82. The van der Waals surface area contributed by atoms with Gasteiger partial charge >= 0.3 is 29.6 Å². The number of rotatable bonds is 6. The monoisotopic (exact) mass is 563 g/mol. The predicted octanol–water partition coefficient (Wildman–Crippen LogP) is 3.01. The number of anilines is 2. The number of nitrogens with two attached hydrogens (primary N) is 2. The maximum atomic E-state index is 11.4. The van der Waals surface area contributed by atoms with E-state index < -0.39 is 31.4 Å². The number of nitrogen functional groups attached to an aromatic ring is 2. The van der Waals surface area contributed by atoms with Gasteiger partial charge in [-0.2, -0.15) is 0 Å². The Morgan fingerprint density at radius 3 is 2.05 bits per heavy atom. The van der Waals surface area contributed by atoms with Gasteiger partial charge in [-0.05, 0) is 35.7 Å². The average Bonchev–Trinajstić information content (AvgIpc) is 2.84. The van der Waals surface area contributed by atoms with E-state index >= 15 is 0 Å². The molecule has 0 heterocycles. The Balaban J connectivity index is 0.00000400. The van der Waals surface area contributed by atoms with Crippen LogP contribution in [0.4, 0.5) is 39.8 Å². The van der Waals surface area contributed by atoms with Crippen LogP contribution in [0.3, 0.4) is 0 Å². The van der Waals surface area contributed by atoms with E-state index in [0.29, 0.717) is 10.8 Å². The summed E-state index contributed by atoms with van der Waals surface area (Å²) in [6.07, 6.45) is 0. The summed E-state index contributed by atoms with van der Waals surface area (Å²) in [5.41, 5.74) is 11.9. The van der Waals surface area contributed by atoms with Crippen molar-refractivity contribution in [1.82, 2.24) is 0 Å². The van der Waals surface area contributed by atoms with Gasteiger partial charge in [-0.1, -0.05) is 29.8 Å². The molecular formula is C22H15ClN7NaO6S. The van der Waals surface area contributed by atoms with Crippen LogP contribution in [0, 0.1) is 10.1 Å². The van der Waals surface area contributed by atoms with Crippen molar-refractivity contribution in [3.05, 3.63) is 75.8 Å². The molecule has 16 heteroatoms. The van der Waals surface area contributed by atoms with E-state index in [0.717, 1.165) is 12.1 Å². The number of azo groups is 2. The third kappa shape index (κ3) is 6.24. The minimum absolute atomic E-state index is 0. The number of non-ortho nitro benzene ring substituents is 1. The predicted molar refractivity (Wildman–Crippen MR) is 135 cm³/mol. The Labute approximate surface area is 242 Å². The molecule has 0 aliphatic heterocycles. The molecule has 188 valence electrons. The molecule has 0 fully saturated rings. The fraction of sp³-hybridized carbons (Fsp3) is 0. The van der Waals surface area contributed by atoms with E-state index in [-0.39, 0.29) is 68.7 Å². The number of nitro groups is 1. The van der Waals surface area contributed by atoms with Crippen molar-refractivity contribution in [2.24, 2.45) is 20.5 Å². The number of benzene rings is 4. The molecule has 0 amide bonds. The van der Waals surface area contributed by atoms with Crippen molar-refractivity contribution < 1.29 is 52.6 Å². The van der Waals surface area contributed by atoms with Crippen molar-refractivity contribution in [2.75, 3.05) is 11.5 Å². The van der Waals surface area contributed by atoms with Gasteiger partial charge < -0.3 is 21.1 Å². The van der Waals surface area contributed by atoms with Crippen LogP contribution in [0.2, 0.25) is 5.02 Å². The van der Waals surface area contributed by atoms with Gasteiger partial charge in [0.05, 0.1) is 31.9 Å². The number of hydrogen-bond acceptors (Lipinski definition) is 12. The third-order valence-corrected chi connectivity index (χ3v) is 6.18. The third-order valence-electron chi connectivity index (χ3n) is 5.07. The van der Waals surface area contributed by atoms with E-state index in [9.17, 15) is 28.2 Å². The molecule has 4 rings (SSSR count). The van der Waals surface area contributed by atoms with Crippen LogP contribution in [-0.2, 0) is 10.1 Å². The number of nitrogens with zero attached hydrogens (tertiary/aromatic N) is 5. The average molecular weight is 564 g/mol. The first kappa shape index (κ1) is 28.9. The SMILES string of the molecule is Nc1cc(N)c(N=Nc2cccc3ccc(S(=O)(=O)[O-])cc23)cc1N=Nc1cc([N+](=O)[O-])cc(Cl)c1O.[Na+]. The molecule has 0 saturated carbocycles. The molecule has 13 nitrogen and oxygen atoms in total. The second kappa shape index (κ2) is 11.4. The molecule has 0 saturated heterocycles. The standard InChI is InChI=1S/C22H16ClN7O6S.Na/c23-15-6-12(30(32)33)7-21(22(15)31)29-28-20-10-19(16(24)9-17(20)25)27-26-18-3-1-2-11-4-5-13(8-14(11)18)37(34,35)36;/h1-10,31H,24-25H2,(H,34,35,36);/q;+1/p-1. The fourth-order valence-corrected chi connectivity index (χ4v) is 3.94. The van der Waals surface area contributed by atoms with Crippen LogP contribution < -0.4 is 41.0 Å². The zero-order chi connectivity index (χ0) is 26.9. The number of fused-ring (bicyclic) bond motifs is 1. The minimum Gasteiger partial charge on any atom is -0.744 e. The van der Waals surface area contributed by atoms with Gasteiger partial charge in [-0.15, -0.1) is 20.5 Å². The van der Waals surface area contributed by atoms with E-state index in [1.807, 2.05) is 0 Å². The summed E-state index contributed by atoms with van der Waals surface area (Å²) in [7, 11) is -4.68. The first-order valence-corrected chi connectivity index (χ1v) is 11.9. The first-order chi connectivity index (χ1) is 17.4. The Morgan fingerprint density at radius 1 is 0.842 bits per heavy atom. The maximum absolute atomic E-state index is 11.4. The summed E-state index contributed by atoms with van der Waals surface area (Å²) in [5, 5.41) is 37.8. The molecule has 4 aromatic carbocycles. The van der Waals surface area contributed by atoms with Crippen LogP contribution in [0.5, 0.6) is 5.75 Å². The maximum Gasteiger partial charge on any atom is 1.00 e. The summed E-state index contributed by atoms with van der Waals surface area (Å²) in [4.78, 5) is 9.94. The Bertz CT molecular complexity index is 1750. The Morgan fingerprint density at radius 2 is 1.45 bits per heavy atom. The zero-order valence-electron chi connectivity index (χ0n) is 19.4. The molecule has 0 atom stereocenters. The summed E-state index contributed by atoms with van der Waals surface area (Å²) < 4.78 is 34.3. The number of nitro benzene ring substituents is 1. The summed E-state index contributed by atoms with van der Waals surface area (Å²) in [5.74, 6) is -0.514. The van der Waals surface area contributed by atoms with Gasteiger partial charge in [-0.3, -0.25) is 10.1 Å². The quantitative estimate of drug-likeness (QED) is 0.0787. The molecule has 5 N–H and O–H groups in total. The second-order valence-electron chi connectivity index (χ2n) is 7.54. The van der Waals surface area contributed by atoms with Crippen molar-refractivity contribution >= 4 is 72.3 Å². The van der Waals surface area contributed by atoms with Crippen LogP contribution in [-0.4, -0.2) is 23.0 Å². The van der Waals surface area contributed by atoms with Crippen molar-refractivity contribution in [3.8, 4) is 5.75 Å². The number of phenols is 1. The summed E-state index contributed by atoms with van der Waals surface area (Å²) in [6.45, 7) is 0. The molecule has 4 aromatic rings. The van der Waals surface area contributed by atoms with E-state index in [1.165, 1.54) is 30.3 Å². The largest absolute Gasteiger partial charge is 1.00 e. The molecule has 0 spiro atoms. The number of aromatic hydroxyl groups is 1. The molecule has 0 aliphatic rings. The first-order valence-electron chi connectivity index (χ1n) is 10.1. The van der Waals surface area contributed by atoms with Gasteiger partial charge in [0.25, 0.3) is 5.69 Å². The molecular weight excluding hydrogens is 549 g/mol. The molecule has 0 aliphatic carbocycles. The van der Waals surface area contributed by atoms with Gasteiger partial charge in [0.1, 0.15) is 27.2 Å².